The zero-order valence-electron chi connectivity index (χ0n) is 13.7. The highest BCUT2D eigenvalue weighted by atomic mass is 35.5. The van der Waals surface area contributed by atoms with E-state index in [1.807, 2.05) is 18.2 Å². The number of benzene rings is 1. The summed E-state index contributed by atoms with van der Waals surface area (Å²) in [5, 5.41) is 0.616. The van der Waals surface area contributed by atoms with Gasteiger partial charge in [0.1, 0.15) is 17.1 Å². The van der Waals surface area contributed by atoms with Crippen molar-refractivity contribution in [3.63, 3.8) is 0 Å². The van der Waals surface area contributed by atoms with E-state index >= 15 is 0 Å². The molecule has 1 heterocycles. The van der Waals surface area contributed by atoms with Crippen molar-refractivity contribution >= 4 is 29.6 Å². The van der Waals surface area contributed by atoms with Crippen LogP contribution in [0.4, 0.5) is 0 Å². The number of ether oxygens (including phenoxy) is 1. The fourth-order valence-electron chi connectivity index (χ4n) is 2.14. The van der Waals surface area contributed by atoms with Crippen LogP contribution >= 0.6 is 11.6 Å². The Kier molecular flexibility index (Phi) is 5.82. The molecule has 0 spiro atoms. The normalized spacial score (nSPS) is 10.8. The first-order valence-corrected chi connectivity index (χ1v) is 7.65. The number of aryl methyl sites for hydroxylation is 1. The first-order chi connectivity index (χ1) is 11.4. The summed E-state index contributed by atoms with van der Waals surface area (Å²) < 4.78 is 10.1. The molecule has 0 saturated carbocycles. The van der Waals surface area contributed by atoms with Crippen molar-refractivity contribution < 1.29 is 18.7 Å². The molecule has 0 bridgehead atoms. The highest BCUT2D eigenvalue weighted by Crippen LogP contribution is 2.18. The second kappa shape index (κ2) is 7.84. The molecule has 0 aliphatic carbocycles. The van der Waals surface area contributed by atoms with Gasteiger partial charge in [-0.15, -0.1) is 0 Å². The van der Waals surface area contributed by atoms with Crippen LogP contribution in [-0.4, -0.2) is 30.9 Å². The van der Waals surface area contributed by atoms with Gasteiger partial charge in [-0.3, -0.25) is 4.79 Å². The number of amides is 1. The lowest BCUT2D eigenvalue weighted by atomic mass is 10.2. The van der Waals surface area contributed by atoms with Crippen molar-refractivity contribution in [2.75, 3.05) is 14.2 Å². The number of likely N-dealkylation sites (N-methyl/N-ethyl adjacent to an activating group) is 1. The lowest BCUT2D eigenvalue weighted by molar-refractivity contribution is -0.125. The van der Waals surface area contributed by atoms with Crippen LogP contribution in [0.3, 0.4) is 0 Å². The fourth-order valence-corrected chi connectivity index (χ4v) is 2.34. The van der Waals surface area contributed by atoms with Gasteiger partial charge < -0.3 is 14.1 Å². The molecule has 2 rings (SSSR count). The Morgan fingerprint density at radius 3 is 2.71 bits per heavy atom. The largest absolute Gasteiger partial charge is 0.465 e. The molecule has 24 heavy (non-hydrogen) atoms. The Morgan fingerprint density at radius 2 is 2.04 bits per heavy atom. The minimum atomic E-state index is -0.474. The van der Waals surface area contributed by atoms with Crippen LogP contribution in [0, 0.1) is 6.92 Å². The van der Waals surface area contributed by atoms with Crippen LogP contribution < -0.4 is 0 Å². The van der Waals surface area contributed by atoms with Gasteiger partial charge in [0.25, 0.3) is 0 Å². The fraction of sp³-hybridized carbons (Fsp3) is 0.222. The Bertz CT molecular complexity index is 779. The zero-order chi connectivity index (χ0) is 17.7. The van der Waals surface area contributed by atoms with Crippen molar-refractivity contribution in [1.82, 2.24) is 4.90 Å². The van der Waals surface area contributed by atoms with Crippen LogP contribution in [0.15, 0.2) is 40.8 Å². The summed E-state index contributed by atoms with van der Waals surface area (Å²) in [5.41, 5.74) is 1.21. The summed E-state index contributed by atoms with van der Waals surface area (Å²) in [6.07, 6.45) is 2.90. The maximum Gasteiger partial charge on any atom is 0.341 e. The van der Waals surface area contributed by atoms with Crippen LogP contribution in [0.1, 0.15) is 27.4 Å². The van der Waals surface area contributed by atoms with Crippen LogP contribution in [0.2, 0.25) is 5.02 Å². The summed E-state index contributed by atoms with van der Waals surface area (Å²) in [5.74, 6) is 0.174. The number of carbonyl (C=O) groups is 2. The predicted molar refractivity (Wildman–Crippen MR) is 91.7 cm³/mol. The van der Waals surface area contributed by atoms with Crippen molar-refractivity contribution in [3.8, 4) is 0 Å². The minimum absolute atomic E-state index is 0.205. The summed E-state index contributed by atoms with van der Waals surface area (Å²) in [6.45, 7) is 2.06. The highest BCUT2D eigenvalue weighted by molar-refractivity contribution is 6.31. The second-order valence-electron chi connectivity index (χ2n) is 5.23. The van der Waals surface area contributed by atoms with Gasteiger partial charge in [0.15, 0.2) is 0 Å². The average Bonchev–Trinajstić information content (AvgIpc) is 2.94. The molecule has 126 valence electrons. The van der Waals surface area contributed by atoms with E-state index in [4.69, 9.17) is 16.0 Å². The number of esters is 1. The summed E-state index contributed by atoms with van der Waals surface area (Å²) in [7, 11) is 2.99. The SMILES string of the molecule is COC(=O)c1cc(/C=C/C(=O)N(C)Cc2ccccc2Cl)oc1C. The van der Waals surface area contributed by atoms with Crippen LogP contribution in [-0.2, 0) is 16.1 Å². The first kappa shape index (κ1) is 17.8. The second-order valence-corrected chi connectivity index (χ2v) is 5.64. The van der Waals surface area contributed by atoms with Crippen LogP contribution in [0.25, 0.3) is 6.08 Å². The van der Waals surface area contributed by atoms with E-state index in [1.54, 1.807) is 26.1 Å². The van der Waals surface area contributed by atoms with E-state index in [0.717, 1.165) is 5.56 Å². The molecular weight excluding hydrogens is 330 g/mol. The molecule has 0 atom stereocenters. The average molecular weight is 348 g/mol. The molecule has 0 unspecified atom stereocenters. The highest BCUT2D eigenvalue weighted by Gasteiger charge is 2.14. The van der Waals surface area contributed by atoms with Gasteiger partial charge in [-0.1, -0.05) is 29.8 Å². The molecule has 0 fully saturated rings. The molecule has 0 aliphatic heterocycles. The third-order valence-corrected chi connectivity index (χ3v) is 3.84. The van der Waals surface area contributed by atoms with Crippen molar-refractivity contribution in [2.45, 2.75) is 13.5 Å². The minimum Gasteiger partial charge on any atom is -0.465 e. The molecule has 2 aromatic rings. The topological polar surface area (TPSA) is 59.8 Å². The number of hydrogen-bond donors (Lipinski definition) is 0. The molecule has 5 nitrogen and oxygen atoms in total. The summed E-state index contributed by atoms with van der Waals surface area (Å²) >= 11 is 6.09. The number of rotatable bonds is 5. The van der Waals surface area contributed by atoms with Crippen LogP contribution in [0.5, 0.6) is 0 Å². The quantitative estimate of drug-likeness (QED) is 0.611. The lowest BCUT2D eigenvalue weighted by Gasteiger charge is -2.15. The molecule has 0 radical (unpaired) electrons. The monoisotopic (exact) mass is 347 g/mol. The van der Waals surface area contributed by atoms with Gasteiger partial charge in [-0.2, -0.15) is 0 Å². The third-order valence-electron chi connectivity index (χ3n) is 3.47. The Morgan fingerprint density at radius 1 is 1.33 bits per heavy atom. The molecule has 0 N–H and O–H groups in total. The van der Waals surface area contributed by atoms with E-state index in [-0.39, 0.29) is 5.91 Å². The maximum atomic E-state index is 12.2. The standard InChI is InChI=1S/C18H18ClNO4/c1-12-15(18(22)23-3)10-14(24-12)8-9-17(21)20(2)11-13-6-4-5-7-16(13)19/h4-10H,11H2,1-3H3/b9-8+. The number of methoxy groups -OCH3 is 1. The van der Waals surface area contributed by atoms with Crippen molar-refractivity contribution in [2.24, 2.45) is 0 Å². The van der Waals surface area contributed by atoms with E-state index in [1.165, 1.54) is 24.2 Å². The molecule has 1 aromatic heterocycles. The van der Waals surface area contributed by atoms with E-state index < -0.39 is 5.97 Å². The van der Waals surface area contributed by atoms with Gasteiger partial charge in [0, 0.05) is 24.7 Å². The van der Waals surface area contributed by atoms with E-state index in [2.05, 4.69) is 4.74 Å². The molecular formula is C18H18ClNO4. The van der Waals surface area contributed by atoms with Gasteiger partial charge >= 0.3 is 5.97 Å². The smallest absolute Gasteiger partial charge is 0.341 e. The number of furan rings is 1. The molecule has 0 saturated heterocycles. The Balaban J connectivity index is 2.05. The van der Waals surface area contributed by atoms with Gasteiger partial charge in [-0.05, 0) is 30.7 Å². The van der Waals surface area contributed by atoms with E-state index in [9.17, 15) is 9.59 Å². The van der Waals surface area contributed by atoms with Crippen molar-refractivity contribution in [1.29, 1.82) is 0 Å². The number of hydrogen-bond acceptors (Lipinski definition) is 4. The molecule has 0 aliphatic rings. The number of carbonyl (C=O) groups excluding carboxylic acids is 2. The summed E-state index contributed by atoms with van der Waals surface area (Å²) in [6, 6.07) is 8.90. The molecule has 1 amide bonds. The van der Waals surface area contributed by atoms with Crippen molar-refractivity contribution in [3.05, 3.63) is 64.1 Å². The number of halogens is 1. The third kappa shape index (κ3) is 4.26. The Labute approximate surface area is 145 Å². The predicted octanol–water partition coefficient (Wildman–Crippen LogP) is 3.70. The zero-order valence-corrected chi connectivity index (χ0v) is 14.5. The van der Waals surface area contributed by atoms with E-state index in [0.29, 0.717) is 28.7 Å². The first-order valence-electron chi connectivity index (χ1n) is 7.27. The van der Waals surface area contributed by atoms with Gasteiger partial charge in [0.05, 0.1) is 7.11 Å². The maximum absolute atomic E-state index is 12.2. The Hall–Kier alpha value is -2.53. The lowest BCUT2D eigenvalue weighted by Crippen LogP contribution is -2.24. The number of nitrogens with zero attached hydrogens (tertiary/aromatic N) is 1. The van der Waals surface area contributed by atoms with Gasteiger partial charge in [-0.25, -0.2) is 4.79 Å². The summed E-state index contributed by atoms with van der Waals surface area (Å²) in [4.78, 5) is 25.2. The molecule has 6 heteroatoms. The molecule has 1 aromatic carbocycles. The van der Waals surface area contributed by atoms with Gasteiger partial charge in [0.2, 0.25) is 5.91 Å².